The Labute approximate surface area is 190 Å². The van der Waals surface area contributed by atoms with Gasteiger partial charge < -0.3 is 15.5 Å². The molecule has 162 valence electrons. The second-order valence-electron chi connectivity index (χ2n) is 8.38. The minimum Gasteiger partial charge on any atom is -0.338 e. The summed E-state index contributed by atoms with van der Waals surface area (Å²) in [6.45, 7) is 4.38. The maximum atomic E-state index is 13.1. The van der Waals surface area contributed by atoms with Gasteiger partial charge in [0.15, 0.2) is 0 Å². The van der Waals surface area contributed by atoms with E-state index in [0.29, 0.717) is 12.5 Å². The van der Waals surface area contributed by atoms with Crippen LogP contribution in [0, 0.1) is 5.41 Å². The molecular weight excluding hydrogens is 419 g/mol. The predicted octanol–water partition coefficient (Wildman–Crippen LogP) is 4.06. The van der Waals surface area contributed by atoms with Crippen molar-refractivity contribution in [1.29, 1.82) is 0 Å². The Morgan fingerprint density at radius 2 is 1.83 bits per heavy atom. The molecule has 0 bridgehead atoms. The standard InChI is InChI=1S/C23H29ClN4O.ClH/c24-20-6-2-1-5-19(20)21(25)7-12-27-13-8-23(9-14-27)10-15-28(22(23)29)17-18-4-3-11-26-16-18;/h1-6,11,16,21H,7-10,12-15,17,25H2;1H. The molecule has 1 atom stereocenters. The largest absolute Gasteiger partial charge is 0.338 e. The monoisotopic (exact) mass is 448 g/mol. The average molecular weight is 449 g/mol. The van der Waals surface area contributed by atoms with Gasteiger partial charge in [0.25, 0.3) is 0 Å². The Bertz CT molecular complexity index is 840. The van der Waals surface area contributed by atoms with Crippen molar-refractivity contribution in [3.8, 4) is 0 Å². The zero-order valence-electron chi connectivity index (χ0n) is 17.2. The van der Waals surface area contributed by atoms with Crippen LogP contribution in [0.4, 0.5) is 0 Å². The normalized spacial score (nSPS) is 19.7. The lowest BCUT2D eigenvalue weighted by molar-refractivity contribution is -0.138. The minimum atomic E-state index is -0.163. The maximum absolute atomic E-state index is 13.1. The third-order valence-corrected chi connectivity index (χ3v) is 6.92. The molecule has 2 aliphatic rings. The number of pyridine rings is 1. The van der Waals surface area contributed by atoms with Crippen LogP contribution >= 0.6 is 24.0 Å². The van der Waals surface area contributed by atoms with Crippen LogP contribution in [0.25, 0.3) is 0 Å². The van der Waals surface area contributed by atoms with E-state index in [1.54, 1.807) is 6.20 Å². The molecule has 7 heteroatoms. The summed E-state index contributed by atoms with van der Waals surface area (Å²) in [5, 5.41) is 0.739. The molecule has 1 aromatic carbocycles. The van der Waals surface area contributed by atoms with E-state index >= 15 is 0 Å². The quantitative estimate of drug-likeness (QED) is 0.723. The number of hydrogen-bond donors (Lipinski definition) is 1. The van der Waals surface area contributed by atoms with Gasteiger partial charge in [0, 0.05) is 36.5 Å². The second-order valence-corrected chi connectivity index (χ2v) is 8.78. The Morgan fingerprint density at radius 3 is 2.53 bits per heavy atom. The van der Waals surface area contributed by atoms with Crippen molar-refractivity contribution < 1.29 is 4.79 Å². The van der Waals surface area contributed by atoms with E-state index in [0.717, 1.165) is 68.0 Å². The van der Waals surface area contributed by atoms with Crippen LogP contribution in [0.2, 0.25) is 5.02 Å². The summed E-state index contributed by atoms with van der Waals surface area (Å²) >= 11 is 6.27. The molecule has 1 spiro atoms. The van der Waals surface area contributed by atoms with E-state index in [9.17, 15) is 4.79 Å². The molecule has 4 rings (SSSR count). The smallest absolute Gasteiger partial charge is 0.229 e. The number of likely N-dealkylation sites (tertiary alicyclic amines) is 2. The SMILES string of the molecule is Cl.NC(CCN1CCC2(CC1)CCN(Cc1cccnc1)C2=O)c1ccccc1Cl. The lowest BCUT2D eigenvalue weighted by Gasteiger charge is -2.38. The van der Waals surface area contributed by atoms with Crippen molar-refractivity contribution in [3.05, 3.63) is 64.9 Å². The number of carbonyl (C=O) groups excluding carboxylic acids is 1. The molecule has 2 fully saturated rings. The predicted molar refractivity (Wildman–Crippen MR) is 123 cm³/mol. The summed E-state index contributed by atoms with van der Waals surface area (Å²) < 4.78 is 0. The average Bonchev–Trinajstić information content (AvgIpc) is 3.04. The van der Waals surface area contributed by atoms with Crippen LogP contribution in [0.3, 0.4) is 0 Å². The van der Waals surface area contributed by atoms with Crippen LogP contribution in [-0.2, 0) is 11.3 Å². The van der Waals surface area contributed by atoms with Crippen molar-refractivity contribution >= 4 is 29.9 Å². The lowest BCUT2D eigenvalue weighted by Crippen LogP contribution is -2.45. The molecule has 0 aliphatic carbocycles. The number of nitrogens with two attached hydrogens (primary N) is 1. The summed E-state index contributed by atoms with van der Waals surface area (Å²) in [4.78, 5) is 21.8. The fourth-order valence-corrected chi connectivity index (χ4v) is 4.95. The van der Waals surface area contributed by atoms with Gasteiger partial charge in [-0.25, -0.2) is 0 Å². The molecule has 0 radical (unpaired) electrons. The van der Waals surface area contributed by atoms with E-state index in [4.69, 9.17) is 17.3 Å². The summed E-state index contributed by atoms with van der Waals surface area (Å²) in [7, 11) is 0. The zero-order valence-corrected chi connectivity index (χ0v) is 18.7. The molecule has 1 unspecified atom stereocenters. The Kier molecular flexibility index (Phi) is 7.75. The number of benzene rings is 1. The van der Waals surface area contributed by atoms with Crippen molar-refractivity contribution in [1.82, 2.24) is 14.8 Å². The number of rotatable bonds is 6. The third kappa shape index (κ3) is 4.97. The summed E-state index contributed by atoms with van der Waals surface area (Å²) in [5.74, 6) is 0.328. The third-order valence-electron chi connectivity index (χ3n) is 6.57. The van der Waals surface area contributed by atoms with E-state index in [2.05, 4.69) is 9.88 Å². The highest BCUT2D eigenvalue weighted by Gasteiger charge is 2.47. The highest BCUT2D eigenvalue weighted by Crippen LogP contribution is 2.42. The van der Waals surface area contributed by atoms with Crippen LogP contribution < -0.4 is 5.73 Å². The van der Waals surface area contributed by atoms with Gasteiger partial charge in [-0.2, -0.15) is 0 Å². The number of piperidine rings is 1. The van der Waals surface area contributed by atoms with Gasteiger partial charge in [0.05, 0.1) is 5.41 Å². The molecule has 2 aromatic rings. The fraction of sp³-hybridized carbons (Fsp3) is 0.478. The molecule has 2 aliphatic heterocycles. The molecule has 1 aromatic heterocycles. The molecule has 3 heterocycles. The van der Waals surface area contributed by atoms with Gasteiger partial charge in [-0.15, -0.1) is 12.4 Å². The molecule has 1 amide bonds. The van der Waals surface area contributed by atoms with Crippen molar-refractivity contribution in [3.63, 3.8) is 0 Å². The molecule has 30 heavy (non-hydrogen) atoms. The Hall–Kier alpha value is -1.66. The van der Waals surface area contributed by atoms with E-state index < -0.39 is 0 Å². The van der Waals surface area contributed by atoms with Gasteiger partial charge in [-0.1, -0.05) is 35.9 Å². The zero-order chi connectivity index (χ0) is 20.3. The highest BCUT2D eigenvalue weighted by molar-refractivity contribution is 6.31. The fourth-order valence-electron chi connectivity index (χ4n) is 4.68. The number of aromatic nitrogens is 1. The second kappa shape index (κ2) is 10.1. The van der Waals surface area contributed by atoms with Gasteiger partial charge in [-0.3, -0.25) is 9.78 Å². The van der Waals surface area contributed by atoms with Crippen LogP contribution in [0.15, 0.2) is 48.8 Å². The summed E-state index contributed by atoms with van der Waals surface area (Å²) in [5.41, 5.74) is 8.32. The molecule has 0 saturated carbocycles. The van der Waals surface area contributed by atoms with Gasteiger partial charge in [-0.05, 0) is 68.6 Å². The van der Waals surface area contributed by atoms with Crippen LogP contribution in [-0.4, -0.2) is 46.9 Å². The van der Waals surface area contributed by atoms with Crippen molar-refractivity contribution in [2.45, 2.75) is 38.3 Å². The topological polar surface area (TPSA) is 62.5 Å². The highest BCUT2D eigenvalue weighted by atomic mass is 35.5. The van der Waals surface area contributed by atoms with Crippen LogP contribution in [0.1, 0.15) is 42.9 Å². The van der Waals surface area contributed by atoms with Gasteiger partial charge in [0.1, 0.15) is 0 Å². The van der Waals surface area contributed by atoms with E-state index in [1.165, 1.54) is 0 Å². The first kappa shape index (κ1) is 23.0. The lowest BCUT2D eigenvalue weighted by atomic mass is 9.77. The van der Waals surface area contributed by atoms with Crippen LogP contribution in [0.5, 0.6) is 0 Å². The minimum absolute atomic E-state index is 0. The van der Waals surface area contributed by atoms with Crippen molar-refractivity contribution in [2.75, 3.05) is 26.2 Å². The number of carbonyl (C=O) groups is 1. The number of hydrogen-bond acceptors (Lipinski definition) is 4. The van der Waals surface area contributed by atoms with Gasteiger partial charge in [0.2, 0.25) is 5.91 Å². The van der Waals surface area contributed by atoms with E-state index in [1.807, 2.05) is 47.5 Å². The number of amides is 1. The molecule has 5 nitrogen and oxygen atoms in total. The molecular formula is C23H30Cl2N4O. The van der Waals surface area contributed by atoms with Gasteiger partial charge >= 0.3 is 0 Å². The first-order chi connectivity index (χ1) is 14.1. The number of nitrogens with zero attached hydrogens (tertiary/aromatic N) is 3. The summed E-state index contributed by atoms with van der Waals surface area (Å²) in [6, 6.07) is 11.7. The van der Waals surface area contributed by atoms with E-state index in [-0.39, 0.29) is 23.9 Å². The molecule has 2 saturated heterocycles. The first-order valence-corrected chi connectivity index (χ1v) is 10.9. The number of halogens is 2. The Balaban J connectivity index is 0.00000256. The summed E-state index contributed by atoms with van der Waals surface area (Å²) in [6.07, 6.45) is 7.34. The van der Waals surface area contributed by atoms with Crippen molar-refractivity contribution in [2.24, 2.45) is 11.1 Å². The Morgan fingerprint density at radius 1 is 1.10 bits per heavy atom. The first-order valence-electron chi connectivity index (χ1n) is 10.5. The maximum Gasteiger partial charge on any atom is 0.229 e. The molecule has 2 N–H and O–H groups in total.